The van der Waals surface area contributed by atoms with E-state index >= 15 is 0 Å². The number of imidazole rings is 1. The van der Waals surface area contributed by atoms with Gasteiger partial charge in [0.15, 0.2) is 5.82 Å². The minimum absolute atomic E-state index is 0.110. The lowest BCUT2D eigenvalue weighted by molar-refractivity contribution is 0.0835. The molecule has 0 spiro atoms. The van der Waals surface area contributed by atoms with Gasteiger partial charge in [-0.2, -0.15) is 5.26 Å². The quantitative estimate of drug-likeness (QED) is 0.109. The van der Waals surface area contributed by atoms with Crippen molar-refractivity contribution in [3.05, 3.63) is 88.9 Å². The lowest BCUT2D eigenvalue weighted by atomic mass is 9.96. The highest BCUT2D eigenvalue weighted by Gasteiger charge is 2.40. The Kier molecular flexibility index (Phi) is 8.11. The molecule has 1 unspecified atom stereocenters. The zero-order chi connectivity index (χ0) is 31.2. The summed E-state index contributed by atoms with van der Waals surface area (Å²) in [4.78, 5) is 18.9. The molecule has 43 heavy (non-hydrogen) atoms. The van der Waals surface area contributed by atoms with Gasteiger partial charge < -0.3 is 4.74 Å². The molecule has 10 heteroatoms. The molecular weight excluding hydrogens is 577 g/mol. The average molecular weight is 615 g/mol. The molecule has 0 aliphatic heterocycles. The van der Waals surface area contributed by atoms with E-state index in [0.717, 1.165) is 23.6 Å². The fourth-order valence-electron chi connectivity index (χ4n) is 5.51. The Bertz CT molecular complexity index is 1950. The summed E-state index contributed by atoms with van der Waals surface area (Å²) in [5.74, 6) is -0.164. The molecule has 0 fully saturated rings. The molecule has 2 aromatic heterocycles. The van der Waals surface area contributed by atoms with Crippen LogP contribution in [0.15, 0.2) is 66.4 Å². The number of ketones is 1. The Hall–Kier alpha value is -3.78. The molecule has 1 aliphatic rings. The van der Waals surface area contributed by atoms with Crippen molar-refractivity contribution in [1.29, 1.82) is 5.26 Å². The molecule has 1 aliphatic carbocycles. The van der Waals surface area contributed by atoms with Gasteiger partial charge in [-0.05, 0) is 68.6 Å². The van der Waals surface area contributed by atoms with Gasteiger partial charge in [-0.1, -0.05) is 56.4 Å². The van der Waals surface area contributed by atoms with Crippen LogP contribution in [0.1, 0.15) is 54.0 Å². The van der Waals surface area contributed by atoms with Crippen LogP contribution in [-0.2, 0) is 21.5 Å². The fourth-order valence-corrected chi connectivity index (χ4v) is 8.03. The van der Waals surface area contributed by atoms with Gasteiger partial charge in [-0.3, -0.25) is 9.36 Å². The van der Waals surface area contributed by atoms with Gasteiger partial charge in [0, 0.05) is 31.8 Å². The van der Waals surface area contributed by atoms with Crippen LogP contribution in [0.25, 0.3) is 21.9 Å². The van der Waals surface area contributed by atoms with Gasteiger partial charge in [0.2, 0.25) is 15.8 Å². The van der Waals surface area contributed by atoms with Crippen molar-refractivity contribution < 1.29 is 17.9 Å². The van der Waals surface area contributed by atoms with Crippen molar-refractivity contribution in [1.82, 2.24) is 13.5 Å². The van der Waals surface area contributed by atoms with Crippen LogP contribution in [-0.4, -0.2) is 47.2 Å². The number of ether oxygens (including phenoxy) is 1. The highest BCUT2D eigenvalue weighted by atomic mass is 32.2. The van der Waals surface area contributed by atoms with Crippen molar-refractivity contribution >= 4 is 45.8 Å². The number of carbonyl (C=O) groups is 1. The van der Waals surface area contributed by atoms with E-state index < -0.39 is 22.8 Å². The van der Waals surface area contributed by atoms with Crippen molar-refractivity contribution in [3.63, 3.8) is 0 Å². The van der Waals surface area contributed by atoms with Crippen LogP contribution in [0.4, 0.5) is 0 Å². The van der Waals surface area contributed by atoms with Gasteiger partial charge in [-0.25, -0.2) is 17.4 Å². The number of carbonyl (C=O) groups excluding carboxylic acids is 1. The SMILES string of the molecule is CCC1=CC(C)(S(=O)(=O)n2ccc3c(C(=O)c4nc5ccc(C#N)cc5n4COCC[Si](C)(C)C)ccc(C)c32)CC=C1. The Morgan fingerprint density at radius 1 is 1.19 bits per heavy atom. The van der Waals surface area contributed by atoms with Gasteiger partial charge in [0.25, 0.3) is 0 Å². The van der Waals surface area contributed by atoms with Crippen molar-refractivity contribution in [2.24, 2.45) is 0 Å². The molecule has 4 aromatic rings. The second-order valence-electron chi connectivity index (χ2n) is 12.7. The molecule has 0 radical (unpaired) electrons. The summed E-state index contributed by atoms with van der Waals surface area (Å²) in [6.45, 7) is 13.1. The molecule has 0 saturated carbocycles. The third-order valence-corrected chi connectivity index (χ3v) is 12.1. The molecule has 0 saturated heterocycles. The third kappa shape index (κ3) is 5.65. The number of benzene rings is 2. The van der Waals surface area contributed by atoms with E-state index in [1.54, 1.807) is 54.1 Å². The predicted molar refractivity (Wildman–Crippen MR) is 174 cm³/mol. The average Bonchev–Trinajstić information content (AvgIpc) is 3.57. The van der Waals surface area contributed by atoms with Crippen LogP contribution >= 0.6 is 0 Å². The maximum atomic E-state index is 14.2. The number of nitriles is 1. The number of aromatic nitrogens is 3. The summed E-state index contributed by atoms with van der Waals surface area (Å²) in [5, 5.41) is 10.0. The first kappa shape index (κ1) is 30.7. The van der Waals surface area contributed by atoms with Gasteiger partial charge >= 0.3 is 0 Å². The second kappa shape index (κ2) is 11.4. The highest BCUT2D eigenvalue weighted by molar-refractivity contribution is 7.91. The van der Waals surface area contributed by atoms with Gasteiger partial charge in [0.05, 0.1) is 28.2 Å². The number of nitrogens with zero attached hydrogens (tertiary/aromatic N) is 4. The predicted octanol–water partition coefficient (Wildman–Crippen LogP) is 6.95. The van der Waals surface area contributed by atoms with Crippen LogP contribution in [0, 0.1) is 18.3 Å². The number of fused-ring (bicyclic) bond motifs is 2. The first-order valence-corrected chi connectivity index (χ1v) is 19.7. The molecule has 0 amide bonds. The van der Waals surface area contributed by atoms with E-state index in [-0.39, 0.29) is 18.3 Å². The zero-order valence-electron chi connectivity index (χ0n) is 25.6. The second-order valence-corrected chi connectivity index (χ2v) is 20.6. The van der Waals surface area contributed by atoms with E-state index in [2.05, 4.69) is 30.7 Å². The highest BCUT2D eigenvalue weighted by Crippen LogP contribution is 2.36. The number of rotatable bonds is 10. The van der Waals surface area contributed by atoms with E-state index in [4.69, 9.17) is 4.74 Å². The number of aryl methyl sites for hydroxylation is 1. The molecular formula is C33H38N4O4SSi. The maximum absolute atomic E-state index is 14.2. The van der Waals surface area contributed by atoms with Crippen molar-refractivity contribution in [2.75, 3.05) is 6.61 Å². The first-order valence-electron chi connectivity index (χ1n) is 14.6. The first-order chi connectivity index (χ1) is 20.3. The summed E-state index contributed by atoms with van der Waals surface area (Å²) >= 11 is 0. The Morgan fingerprint density at radius 2 is 1.95 bits per heavy atom. The van der Waals surface area contributed by atoms with E-state index in [1.165, 1.54) is 3.97 Å². The Balaban J connectivity index is 1.60. The number of hydrogen-bond acceptors (Lipinski definition) is 6. The molecule has 2 heterocycles. The monoisotopic (exact) mass is 614 g/mol. The van der Waals surface area contributed by atoms with Crippen LogP contribution in [0.2, 0.25) is 25.7 Å². The normalized spacial score (nSPS) is 17.4. The summed E-state index contributed by atoms with van der Waals surface area (Å²) in [7, 11) is -5.20. The summed E-state index contributed by atoms with van der Waals surface area (Å²) in [6.07, 6.45) is 8.39. The van der Waals surface area contributed by atoms with Crippen LogP contribution in [0.3, 0.4) is 0 Å². The van der Waals surface area contributed by atoms with E-state index in [1.807, 2.05) is 32.1 Å². The Labute approximate surface area is 254 Å². The fraction of sp³-hybridized carbons (Fsp3) is 0.364. The largest absolute Gasteiger partial charge is 0.361 e. The summed E-state index contributed by atoms with van der Waals surface area (Å²) in [6, 6.07) is 13.5. The smallest absolute Gasteiger partial charge is 0.248 e. The minimum atomic E-state index is -3.87. The van der Waals surface area contributed by atoms with Crippen molar-refractivity contribution in [3.8, 4) is 6.07 Å². The molecule has 224 valence electrons. The molecule has 8 nitrogen and oxygen atoms in total. The topological polar surface area (TPSA) is 107 Å². The summed E-state index contributed by atoms with van der Waals surface area (Å²) < 4.78 is 36.3. The lowest BCUT2D eigenvalue weighted by Gasteiger charge is -2.29. The van der Waals surface area contributed by atoms with Crippen LogP contribution in [0.5, 0.6) is 0 Å². The van der Waals surface area contributed by atoms with Gasteiger partial charge in [0.1, 0.15) is 11.5 Å². The summed E-state index contributed by atoms with van der Waals surface area (Å²) in [5.41, 5.74) is 4.23. The van der Waals surface area contributed by atoms with Crippen LogP contribution < -0.4 is 0 Å². The van der Waals surface area contributed by atoms with E-state index in [9.17, 15) is 18.5 Å². The molecule has 1 atom stereocenters. The Morgan fingerprint density at radius 3 is 2.65 bits per heavy atom. The zero-order valence-corrected chi connectivity index (χ0v) is 27.5. The van der Waals surface area contributed by atoms with E-state index in [0.29, 0.717) is 46.1 Å². The maximum Gasteiger partial charge on any atom is 0.248 e. The molecule has 5 rings (SSSR count). The van der Waals surface area contributed by atoms with Crippen molar-refractivity contribution in [2.45, 2.75) is 70.8 Å². The minimum Gasteiger partial charge on any atom is -0.361 e. The molecule has 2 aromatic carbocycles. The van der Waals surface area contributed by atoms with Gasteiger partial charge in [-0.15, -0.1) is 0 Å². The molecule has 0 bridgehead atoms. The standard InChI is InChI=1S/C33H38N4O4SSi/c1-7-24-9-8-15-33(3,20-24)42(39,40)37-16-14-26-27(12-10-23(2)30(26)37)31(38)32-35-28-13-11-25(21-34)19-29(28)36(32)22-41-17-18-43(4,5)6/h8-14,16,19-20H,7,15,17-18,22H2,1-6H3. The lowest BCUT2D eigenvalue weighted by Crippen LogP contribution is -2.38. The molecule has 0 N–H and O–H groups in total. The number of allylic oxidation sites excluding steroid dienone is 3. The third-order valence-electron chi connectivity index (χ3n) is 8.16. The number of hydrogen-bond donors (Lipinski definition) is 0.